The van der Waals surface area contributed by atoms with Gasteiger partial charge in [0.05, 0.1) is 0 Å². The Morgan fingerprint density at radius 2 is 2.00 bits per heavy atom. The number of ether oxygens (including phenoxy) is 1. The zero-order chi connectivity index (χ0) is 23.8. The lowest BCUT2D eigenvalue weighted by atomic mass is 10.1. The van der Waals surface area contributed by atoms with E-state index in [1.165, 1.54) is 23.1 Å². The molecule has 1 heterocycles. The van der Waals surface area contributed by atoms with E-state index < -0.39 is 18.5 Å². The summed E-state index contributed by atoms with van der Waals surface area (Å²) in [5.41, 5.74) is 3.24. The van der Waals surface area contributed by atoms with Gasteiger partial charge < -0.3 is 14.2 Å². The van der Waals surface area contributed by atoms with Gasteiger partial charge in [0.15, 0.2) is 6.61 Å². The van der Waals surface area contributed by atoms with Gasteiger partial charge in [0, 0.05) is 31.0 Å². The van der Waals surface area contributed by atoms with Crippen molar-refractivity contribution in [3.63, 3.8) is 0 Å². The van der Waals surface area contributed by atoms with Gasteiger partial charge in [0.25, 0.3) is 5.91 Å². The number of amides is 1. The molecule has 0 saturated heterocycles. The number of nitrogens with zero attached hydrogens (tertiary/aromatic N) is 3. The van der Waals surface area contributed by atoms with Crippen molar-refractivity contribution in [1.29, 1.82) is 5.26 Å². The Morgan fingerprint density at radius 3 is 2.59 bits per heavy atom. The maximum atomic E-state index is 13.4. The van der Waals surface area contributed by atoms with Gasteiger partial charge in [-0.1, -0.05) is 26.0 Å². The first-order valence-electron chi connectivity index (χ1n) is 10.6. The Bertz CT molecular complexity index is 1050. The number of carbonyl (C=O) groups is 2. The molecule has 0 spiro atoms. The van der Waals surface area contributed by atoms with E-state index in [1.807, 2.05) is 26.0 Å². The number of aryl methyl sites for hydroxylation is 1. The van der Waals surface area contributed by atoms with Crippen LogP contribution < -0.4 is 0 Å². The van der Waals surface area contributed by atoms with Crippen LogP contribution in [-0.4, -0.2) is 34.5 Å². The summed E-state index contributed by atoms with van der Waals surface area (Å²) in [7, 11) is 0. The lowest BCUT2D eigenvalue weighted by Crippen LogP contribution is -2.34. The Balaban J connectivity index is 2.07. The molecule has 0 bridgehead atoms. The lowest BCUT2D eigenvalue weighted by Gasteiger charge is -2.20. The van der Waals surface area contributed by atoms with Crippen LogP contribution in [0.25, 0.3) is 6.08 Å². The molecule has 1 aromatic carbocycles. The number of benzene rings is 1. The molecule has 1 amide bonds. The molecule has 0 saturated carbocycles. The van der Waals surface area contributed by atoms with Crippen LogP contribution in [0.2, 0.25) is 0 Å². The van der Waals surface area contributed by atoms with E-state index in [9.17, 15) is 19.2 Å². The fourth-order valence-electron chi connectivity index (χ4n) is 3.44. The summed E-state index contributed by atoms with van der Waals surface area (Å²) in [6, 6.07) is 9.77. The fourth-order valence-corrected chi connectivity index (χ4v) is 3.44. The van der Waals surface area contributed by atoms with Gasteiger partial charge in [-0.15, -0.1) is 0 Å². The number of carbonyl (C=O) groups excluding carboxylic acids is 2. The van der Waals surface area contributed by atoms with E-state index in [-0.39, 0.29) is 17.9 Å². The highest BCUT2D eigenvalue weighted by molar-refractivity contribution is 5.99. The average Bonchev–Trinajstić information content (AvgIpc) is 3.00. The molecule has 170 valence electrons. The maximum Gasteiger partial charge on any atom is 0.349 e. The van der Waals surface area contributed by atoms with Crippen LogP contribution in [0.1, 0.15) is 43.3 Å². The maximum absolute atomic E-state index is 13.4. The highest BCUT2D eigenvalue weighted by Crippen LogP contribution is 2.20. The standard InChI is InChI=1S/C25H30FN3O3/c1-6-28(15-20-8-7-9-23(26)11-20)24(30)16-32-25(31)22(13-27)12-21-10-18(4)29(19(21)5)14-17(2)3/h7-12,17H,6,14-16H2,1-5H3/b22-12+. The van der Waals surface area contributed by atoms with E-state index in [4.69, 9.17) is 4.74 Å². The lowest BCUT2D eigenvalue weighted by molar-refractivity contribution is -0.148. The van der Waals surface area contributed by atoms with E-state index in [1.54, 1.807) is 19.1 Å². The topological polar surface area (TPSA) is 75.3 Å². The number of halogens is 1. The van der Waals surface area contributed by atoms with Crippen molar-refractivity contribution in [2.75, 3.05) is 13.2 Å². The van der Waals surface area contributed by atoms with Crippen LogP contribution >= 0.6 is 0 Å². The monoisotopic (exact) mass is 439 g/mol. The molecule has 1 aromatic heterocycles. The SMILES string of the molecule is CCN(Cc1cccc(F)c1)C(=O)COC(=O)/C(C#N)=C/c1cc(C)n(CC(C)C)c1C. The van der Waals surface area contributed by atoms with Crippen molar-refractivity contribution >= 4 is 18.0 Å². The summed E-state index contributed by atoms with van der Waals surface area (Å²) in [4.78, 5) is 26.4. The highest BCUT2D eigenvalue weighted by Gasteiger charge is 2.18. The van der Waals surface area contributed by atoms with Gasteiger partial charge >= 0.3 is 5.97 Å². The van der Waals surface area contributed by atoms with Crippen LogP contribution in [0.5, 0.6) is 0 Å². The molecule has 0 unspecified atom stereocenters. The first kappa shape index (κ1) is 24.9. The molecular formula is C25H30FN3O3. The van der Waals surface area contributed by atoms with Crippen molar-refractivity contribution < 1.29 is 18.7 Å². The zero-order valence-electron chi connectivity index (χ0n) is 19.3. The third-order valence-electron chi connectivity index (χ3n) is 5.12. The molecule has 0 atom stereocenters. The van der Waals surface area contributed by atoms with E-state index in [0.29, 0.717) is 18.0 Å². The van der Waals surface area contributed by atoms with Crippen molar-refractivity contribution in [2.24, 2.45) is 5.92 Å². The van der Waals surface area contributed by atoms with Crippen LogP contribution in [0.15, 0.2) is 35.9 Å². The highest BCUT2D eigenvalue weighted by atomic mass is 19.1. The normalized spacial score (nSPS) is 11.4. The van der Waals surface area contributed by atoms with Crippen LogP contribution in [0.3, 0.4) is 0 Å². The molecule has 32 heavy (non-hydrogen) atoms. The fraction of sp³-hybridized carbons (Fsp3) is 0.400. The first-order valence-corrected chi connectivity index (χ1v) is 10.6. The molecule has 0 aliphatic rings. The van der Waals surface area contributed by atoms with Crippen molar-refractivity contribution in [3.8, 4) is 6.07 Å². The first-order chi connectivity index (χ1) is 15.2. The van der Waals surface area contributed by atoms with E-state index in [0.717, 1.165) is 23.5 Å². The van der Waals surface area contributed by atoms with Crippen molar-refractivity contribution in [3.05, 3.63) is 64.2 Å². The Morgan fingerprint density at radius 1 is 1.28 bits per heavy atom. The molecular weight excluding hydrogens is 409 g/mol. The molecule has 0 aliphatic heterocycles. The number of hydrogen-bond donors (Lipinski definition) is 0. The van der Waals surface area contributed by atoms with Gasteiger partial charge in [-0.05, 0) is 62.1 Å². The smallest absolute Gasteiger partial charge is 0.349 e. The van der Waals surface area contributed by atoms with Gasteiger partial charge in [-0.2, -0.15) is 5.26 Å². The number of aromatic nitrogens is 1. The Hall–Kier alpha value is -3.40. The van der Waals surface area contributed by atoms with E-state index >= 15 is 0 Å². The van der Waals surface area contributed by atoms with Gasteiger partial charge in [-0.3, -0.25) is 4.79 Å². The minimum Gasteiger partial charge on any atom is -0.451 e. The summed E-state index contributed by atoms with van der Waals surface area (Å²) < 4.78 is 20.6. The molecule has 0 radical (unpaired) electrons. The van der Waals surface area contributed by atoms with Crippen molar-refractivity contribution in [2.45, 2.75) is 47.7 Å². The third kappa shape index (κ3) is 6.55. The molecule has 0 N–H and O–H groups in total. The molecule has 2 rings (SSSR count). The van der Waals surface area contributed by atoms with Gasteiger partial charge in [-0.25, -0.2) is 9.18 Å². The number of nitriles is 1. The predicted octanol–water partition coefficient (Wildman–Crippen LogP) is 4.40. The average molecular weight is 440 g/mol. The second-order valence-electron chi connectivity index (χ2n) is 8.11. The number of likely N-dealkylation sites (N-methyl/N-ethyl adjacent to an activating group) is 1. The Labute approximate surface area is 188 Å². The van der Waals surface area contributed by atoms with E-state index in [2.05, 4.69) is 18.4 Å². The second-order valence-corrected chi connectivity index (χ2v) is 8.11. The van der Waals surface area contributed by atoms with Crippen molar-refractivity contribution in [1.82, 2.24) is 9.47 Å². The predicted molar refractivity (Wildman–Crippen MR) is 121 cm³/mol. The number of rotatable bonds is 9. The van der Waals surface area contributed by atoms with Gasteiger partial charge in [0.1, 0.15) is 17.5 Å². The molecule has 6 nitrogen and oxygen atoms in total. The zero-order valence-corrected chi connectivity index (χ0v) is 19.3. The molecule has 7 heteroatoms. The van der Waals surface area contributed by atoms with Crippen LogP contribution in [0.4, 0.5) is 4.39 Å². The Kier molecular flexibility index (Phi) is 8.77. The number of hydrogen-bond acceptors (Lipinski definition) is 4. The van der Waals surface area contributed by atoms with Gasteiger partial charge in [0.2, 0.25) is 0 Å². The molecule has 0 fully saturated rings. The summed E-state index contributed by atoms with van der Waals surface area (Å²) in [6.07, 6.45) is 1.50. The summed E-state index contributed by atoms with van der Waals surface area (Å²) in [6.45, 7) is 10.9. The van der Waals surface area contributed by atoms with Crippen LogP contribution in [-0.2, 0) is 27.4 Å². The minimum atomic E-state index is -0.851. The third-order valence-corrected chi connectivity index (χ3v) is 5.12. The largest absolute Gasteiger partial charge is 0.451 e. The minimum absolute atomic E-state index is 0.171. The second kappa shape index (κ2) is 11.3. The summed E-state index contributed by atoms with van der Waals surface area (Å²) >= 11 is 0. The molecule has 2 aromatic rings. The summed E-state index contributed by atoms with van der Waals surface area (Å²) in [5.74, 6) is -1.19. The number of esters is 1. The quantitative estimate of drug-likeness (QED) is 0.330. The summed E-state index contributed by atoms with van der Waals surface area (Å²) in [5, 5.41) is 9.45. The molecule has 0 aliphatic carbocycles. The van der Waals surface area contributed by atoms with Crippen LogP contribution in [0, 0.1) is 36.9 Å².